The number of fused-ring (bicyclic) bond motifs is 1. The van der Waals surface area contributed by atoms with Crippen molar-refractivity contribution in [1.82, 2.24) is 5.32 Å². The molecule has 2 aromatic rings. The lowest BCUT2D eigenvalue weighted by Gasteiger charge is -2.73. The average Bonchev–Trinajstić information content (AvgIpc) is 3.55. The van der Waals surface area contributed by atoms with Crippen LogP contribution in [0.3, 0.4) is 0 Å². The van der Waals surface area contributed by atoms with Gasteiger partial charge in [-0.15, -0.1) is 0 Å². The van der Waals surface area contributed by atoms with E-state index in [4.69, 9.17) is 10.5 Å². The van der Waals surface area contributed by atoms with Crippen LogP contribution in [0.5, 0.6) is 5.75 Å². The van der Waals surface area contributed by atoms with Crippen LogP contribution in [0, 0.1) is 51.2 Å². The molecule has 336 valence electrons. The molecule has 5 saturated carbocycles. The minimum absolute atomic E-state index is 0.00431. The zero-order valence-corrected chi connectivity index (χ0v) is 38.3. The number of nitrogens with two attached hydrogens (primary N) is 1. The number of nitrogens with one attached hydrogen (secondary N) is 1. The lowest BCUT2D eigenvalue weighted by molar-refractivity contribution is -0.219. The summed E-state index contributed by atoms with van der Waals surface area (Å²) in [7, 11) is 0. The van der Waals surface area contributed by atoms with Gasteiger partial charge in [0, 0.05) is 40.9 Å². The molecule has 6 aliphatic carbocycles. The lowest BCUT2D eigenvalue weighted by Crippen LogP contribution is -2.72. The highest BCUT2D eigenvalue weighted by Crippen LogP contribution is 2.79. The average molecular weight is 847 g/mol. The number of aromatic hydroxyl groups is 1. The minimum atomic E-state index is -0.847. The Morgan fingerprint density at radius 2 is 1.65 bits per heavy atom. The van der Waals surface area contributed by atoms with Gasteiger partial charge < -0.3 is 31.1 Å². The topological polar surface area (TPSA) is 145 Å². The van der Waals surface area contributed by atoms with Crippen LogP contribution in [-0.4, -0.2) is 62.9 Å². The second-order valence-electron chi connectivity index (χ2n) is 23.4. The first kappa shape index (κ1) is 42.9. The zero-order chi connectivity index (χ0) is 43.8. The Morgan fingerprint density at radius 1 is 0.887 bits per heavy atom. The number of epoxide rings is 1. The number of aliphatic hydroxyl groups is 2. The van der Waals surface area contributed by atoms with Gasteiger partial charge in [0.15, 0.2) is 5.78 Å². The number of phenols is 1. The highest BCUT2D eigenvalue weighted by atomic mass is 16.6. The van der Waals surface area contributed by atoms with E-state index < -0.39 is 22.7 Å². The van der Waals surface area contributed by atoms with E-state index >= 15 is 9.59 Å². The van der Waals surface area contributed by atoms with Crippen molar-refractivity contribution < 1.29 is 29.6 Å². The maximum Gasteiger partial charge on any atom is 0.163 e. The molecular formula is C54H74N2O6. The van der Waals surface area contributed by atoms with E-state index in [1.54, 1.807) is 6.07 Å². The molecule has 2 saturated heterocycles. The fraction of sp³-hybridized carbons (Fsp3) is 0.704. The predicted octanol–water partition coefficient (Wildman–Crippen LogP) is 9.56. The second-order valence-corrected chi connectivity index (χ2v) is 23.4. The molecule has 2 heterocycles. The molecule has 8 nitrogen and oxygen atoms in total. The van der Waals surface area contributed by atoms with Gasteiger partial charge in [-0.3, -0.25) is 9.59 Å². The molecule has 8 heteroatoms. The molecule has 1 spiro atoms. The summed E-state index contributed by atoms with van der Waals surface area (Å²) in [6, 6.07) is 15.7. The maximum absolute atomic E-state index is 15.2. The summed E-state index contributed by atoms with van der Waals surface area (Å²) in [5.41, 5.74) is 8.97. The fourth-order valence-electron chi connectivity index (χ4n) is 17.6. The molecule has 8 aliphatic rings. The van der Waals surface area contributed by atoms with Crippen molar-refractivity contribution in [2.75, 3.05) is 12.3 Å². The molecule has 16 atom stereocenters. The summed E-state index contributed by atoms with van der Waals surface area (Å²) in [4.78, 5) is 30.5. The Balaban J connectivity index is 0.997. The smallest absolute Gasteiger partial charge is 0.163 e. The third-order valence-corrected chi connectivity index (χ3v) is 20.0. The number of anilines is 1. The summed E-state index contributed by atoms with van der Waals surface area (Å²) in [5, 5.41) is 38.5. The maximum atomic E-state index is 15.2. The number of carbonyl (C=O) groups excluding carboxylic acids is 2. The molecule has 10 rings (SSSR count). The summed E-state index contributed by atoms with van der Waals surface area (Å²) >= 11 is 0. The Bertz CT molecular complexity index is 2170. The van der Waals surface area contributed by atoms with Crippen LogP contribution in [0.15, 0.2) is 59.7 Å². The molecule has 0 aromatic heterocycles. The van der Waals surface area contributed by atoms with Gasteiger partial charge in [0.1, 0.15) is 17.6 Å². The normalized spacial score (nSPS) is 46.1. The number of nitrogen functional groups attached to an aromatic ring is 1. The van der Waals surface area contributed by atoms with Crippen LogP contribution in [0.1, 0.15) is 161 Å². The van der Waals surface area contributed by atoms with E-state index in [1.807, 2.05) is 37.3 Å². The molecule has 6 N–H and O–H groups in total. The minimum Gasteiger partial charge on any atom is -0.508 e. The van der Waals surface area contributed by atoms with Crippen LogP contribution >= 0.6 is 0 Å². The van der Waals surface area contributed by atoms with Gasteiger partial charge in [0.25, 0.3) is 0 Å². The first-order valence-corrected chi connectivity index (χ1v) is 24.7. The lowest BCUT2D eigenvalue weighted by atomic mass is 9.31. The number of Topliss-reactive ketones (excluding diaryl/α,β-unsaturated/α-hetero) is 2. The number of hydrogen-bond acceptors (Lipinski definition) is 8. The Hall–Kier alpha value is -3.04. The number of carbonyl (C=O) groups is 2. The quantitative estimate of drug-likeness (QED) is 0.137. The van der Waals surface area contributed by atoms with Gasteiger partial charge >= 0.3 is 0 Å². The summed E-state index contributed by atoms with van der Waals surface area (Å²) in [6.07, 6.45) is 12.5. The summed E-state index contributed by atoms with van der Waals surface area (Å²) < 4.78 is 6.56. The highest BCUT2D eigenvalue weighted by molar-refractivity contribution is 6.03. The molecule has 0 bridgehead atoms. The number of ether oxygens (including phenoxy) is 1. The van der Waals surface area contributed by atoms with Gasteiger partial charge in [-0.25, -0.2) is 0 Å². The van der Waals surface area contributed by atoms with Gasteiger partial charge in [-0.2, -0.15) is 0 Å². The van der Waals surface area contributed by atoms with Crippen molar-refractivity contribution in [2.45, 2.75) is 179 Å². The van der Waals surface area contributed by atoms with E-state index in [2.05, 4.69) is 52.1 Å². The van der Waals surface area contributed by atoms with Crippen molar-refractivity contribution >= 4 is 17.3 Å². The van der Waals surface area contributed by atoms with Crippen molar-refractivity contribution in [2.24, 2.45) is 51.2 Å². The number of β-amino-alcohol motifs (C(OH)–C–C–N with tert-alkyl or cyclic N) is 1. The molecule has 2 aliphatic heterocycles. The van der Waals surface area contributed by atoms with E-state index in [0.717, 1.165) is 100 Å². The van der Waals surface area contributed by atoms with E-state index in [9.17, 15) is 15.3 Å². The number of rotatable bonds is 7. The number of phenolic OH excluding ortho intramolecular Hbond substituents is 1. The highest BCUT2D eigenvalue weighted by Gasteiger charge is 2.75. The van der Waals surface area contributed by atoms with Crippen LogP contribution in [0.4, 0.5) is 5.69 Å². The Morgan fingerprint density at radius 3 is 2.42 bits per heavy atom. The van der Waals surface area contributed by atoms with Crippen molar-refractivity contribution in [3.05, 3.63) is 70.8 Å². The number of allylic oxidation sites excluding steroid dienone is 2. The fourth-order valence-corrected chi connectivity index (χ4v) is 17.6. The van der Waals surface area contributed by atoms with Crippen molar-refractivity contribution in [3.63, 3.8) is 0 Å². The molecule has 0 radical (unpaired) electrons. The summed E-state index contributed by atoms with van der Waals surface area (Å²) in [5.74, 6) is 1.36. The SMILES string of the molecule is CC(CC(O)C1OC1(C)C1CCCC1c1cccc(N)c1)C1=C2CCC3C4(C)CC(c5cccc(O)c5)C(=O)C5(C)CCCCC(C)(O)CNC(CC36CCCC(C1=O)C26C)C54. The van der Waals surface area contributed by atoms with Crippen molar-refractivity contribution in [1.29, 1.82) is 0 Å². The van der Waals surface area contributed by atoms with Crippen LogP contribution in [0.2, 0.25) is 0 Å². The van der Waals surface area contributed by atoms with Crippen LogP contribution in [0.25, 0.3) is 0 Å². The van der Waals surface area contributed by atoms with Gasteiger partial charge in [0.05, 0.1) is 17.3 Å². The molecule has 0 amide bonds. The second kappa shape index (κ2) is 14.7. The van der Waals surface area contributed by atoms with Gasteiger partial charge in [-0.1, -0.05) is 83.2 Å². The first-order chi connectivity index (χ1) is 29.4. The van der Waals surface area contributed by atoms with E-state index in [-0.39, 0.29) is 57.8 Å². The third-order valence-electron chi connectivity index (χ3n) is 20.0. The number of aliphatic hydroxyl groups excluding tert-OH is 1. The molecule has 16 unspecified atom stereocenters. The van der Waals surface area contributed by atoms with Crippen LogP contribution in [-0.2, 0) is 14.3 Å². The van der Waals surface area contributed by atoms with Crippen LogP contribution < -0.4 is 11.1 Å². The largest absolute Gasteiger partial charge is 0.508 e. The summed E-state index contributed by atoms with van der Waals surface area (Å²) in [6.45, 7) is 14.1. The van der Waals surface area contributed by atoms with E-state index in [1.165, 1.54) is 11.1 Å². The standard InChI is InChI=1S/C54H74N2O6/c1-31(25-42(58)48-53(6,62-48)38-18-11-17-36(38)32-13-9-15-34(55)26-32)44-39-20-21-43-51(4)28-37(33-14-10-16-35(57)27-33)47(60)50(3)23-8-7-22-49(2,61)30-56-41(46(50)51)29-54(43)24-12-19-40(45(44)59)52(39,54)5/h9-10,13-16,26-27,31,36-38,40-43,46,48,56-58,61H,7-8,11-12,17-25,28-30,55H2,1-6H3. The Kier molecular flexibility index (Phi) is 10.2. The number of hydrogen-bond donors (Lipinski definition) is 5. The zero-order valence-electron chi connectivity index (χ0n) is 38.3. The van der Waals surface area contributed by atoms with Gasteiger partial charge in [-0.05, 0) is 166 Å². The monoisotopic (exact) mass is 847 g/mol. The predicted molar refractivity (Wildman–Crippen MR) is 242 cm³/mol. The van der Waals surface area contributed by atoms with Crippen molar-refractivity contribution in [3.8, 4) is 5.75 Å². The van der Waals surface area contributed by atoms with Gasteiger partial charge in [0.2, 0.25) is 0 Å². The molecular weight excluding hydrogens is 773 g/mol. The third kappa shape index (κ3) is 6.17. The molecule has 62 heavy (non-hydrogen) atoms. The van der Waals surface area contributed by atoms with E-state index in [0.29, 0.717) is 48.7 Å². The number of ketones is 2. The number of benzene rings is 2. The Labute approximate surface area is 370 Å². The molecule has 7 fully saturated rings. The molecule has 2 aromatic carbocycles. The first-order valence-electron chi connectivity index (χ1n) is 24.7.